The van der Waals surface area contributed by atoms with Gasteiger partial charge in [-0.05, 0) is 38.0 Å². The van der Waals surface area contributed by atoms with Crippen molar-refractivity contribution in [1.29, 1.82) is 0 Å². The van der Waals surface area contributed by atoms with Crippen molar-refractivity contribution in [3.05, 3.63) is 29.3 Å². The van der Waals surface area contributed by atoms with Crippen LogP contribution in [0.3, 0.4) is 0 Å². The highest BCUT2D eigenvalue weighted by Gasteiger charge is 2.19. The van der Waals surface area contributed by atoms with Crippen molar-refractivity contribution in [1.82, 2.24) is 0 Å². The molecule has 1 aromatic carbocycles. The third-order valence-electron chi connectivity index (χ3n) is 2.73. The number of benzene rings is 1. The van der Waals surface area contributed by atoms with E-state index >= 15 is 0 Å². The van der Waals surface area contributed by atoms with E-state index in [1.165, 1.54) is 0 Å². The lowest BCUT2D eigenvalue weighted by atomic mass is 10.1. The summed E-state index contributed by atoms with van der Waals surface area (Å²) < 4.78 is 27.8. The lowest BCUT2D eigenvalue weighted by Crippen LogP contribution is -2.33. The molecule has 3 nitrogen and oxygen atoms in total. The molecule has 0 saturated heterocycles. The van der Waals surface area contributed by atoms with Crippen molar-refractivity contribution < 1.29 is 19.0 Å². The van der Waals surface area contributed by atoms with Crippen LogP contribution in [0.25, 0.3) is 0 Å². The fraction of sp³-hybridized carbons (Fsp3) is 0.538. The number of aliphatic hydroxyl groups excluding tert-OH is 2. The second-order valence-electron chi connectivity index (χ2n) is 4.43. The predicted molar refractivity (Wildman–Crippen MR) is 66.5 cm³/mol. The Morgan fingerprint density at radius 3 is 2.11 bits per heavy atom. The molecule has 0 fully saturated rings. The number of anilines is 1. The minimum Gasteiger partial charge on any atom is -0.396 e. The molecule has 2 N–H and O–H groups in total. The molecule has 5 heteroatoms. The zero-order chi connectivity index (χ0) is 13.7. The monoisotopic (exact) mass is 259 g/mol. The fourth-order valence-corrected chi connectivity index (χ4v) is 1.85. The minimum atomic E-state index is -0.689. The molecule has 1 rings (SSSR count). The number of nitrogens with zero attached hydrogens (tertiary/aromatic N) is 1. The molecular formula is C13H19F2NO2. The van der Waals surface area contributed by atoms with E-state index in [4.69, 9.17) is 10.2 Å². The summed E-state index contributed by atoms with van der Waals surface area (Å²) >= 11 is 0. The molecule has 0 saturated carbocycles. The van der Waals surface area contributed by atoms with Crippen LogP contribution in [0.4, 0.5) is 14.5 Å². The van der Waals surface area contributed by atoms with Crippen molar-refractivity contribution in [2.45, 2.75) is 32.9 Å². The van der Waals surface area contributed by atoms with Crippen LogP contribution in [-0.2, 0) is 6.61 Å². The van der Waals surface area contributed by atoms with Crippen molar-refractivity contribution in [3.8, 4) is 0 Å². The van der Waals surface area contributed by atoms with E-state index in [0.717, 1.165) is 12.1 Å². The molecule has 0 spiro atoms. The molecule has 0 aliphatic rings. The molecule has 0 aromatic heterocycles. The average molecular weight is 259 g/mol. The quantitative estimate of drug-likeness (QED) is 0.821. The van der Waals surface area contributed by atoms with Gasteiger partial charge in [0.15, 0.2) is 0 Å². The molecule has 0 aliphatic heterocycles. The van der Waals surface area contributed by atoms with Gasteiger partial charge in [-0.1, -0.05) is 0 Å². The average Bonchev–Trinajstić information content (AvgIpc) is 2.31. The van der Waals surface area contributed by atoms with Crippen LogP contribution in [0, 0.1) is 11.6 Å². The van der Waals surface area contributed by atoms with Gasteiger partial charge in [-0.25, -0.2) is 8.78 Å². The summed E-state index contributed by atoms with van der Waals surface area (Å²) in [5, 5.41) is 17.7. The second-order valence-corrected chi connectivity index (χ2v) is 4.43. The van der Waals surface area contributed by atoms with Gasteiger partial charge in [0.25, 0.3) is 0 Å². The van der Waals surface area contributed by atoms with Gasteiger partial charge in [-0.2, -0.15) is 0 Å². The van der Waals surface area contributed by atoms with Crippen LogP contribution < -0.4 is 4.90 Å². The van der Waals surface area contributed by atoms with Gasteiger partial charge in [-0.15, -0.1) is 0 Å². The van der Waals surface area contributed by atoms with E-state index in [0.29, 0.717) is 13.0 Å². The summed E-state index contributed by atoms with van der Waals surface area (Å²) in [5.74, 6) is -1.38. The molecule has 1 aromatic rings. The van der Waals surface area contributed by atoms with E-state index in [1.54, 1.807) is 4.90 Å². The molecule has 0 unspecified atom stereocenters. The molecular weight excluding hydrogens is 240 g/mol. The van der Waals surface area contributed by atoms with Gasteiger partial charge in [0.1, 0.15) is 17.3 Å². The van der Waals surface area contributed by atoms with Crippen LogP contribution in [0.15, 0.2) is 12.1 Å². The SMILES string of the molecule is CC(C)N(CCCO)c1c(F)cc(CO)cc1F. The lowest BCUT2D eigenvalue weighted by molar-refractivity contribution is 0.280. The van der Waals surface area contributed by atoms with Crippen LogP contribution in [-0.4, -0.2) is 29.4 Å². The Bertz CT molecular complexity index is 374. The molecule has 102 valence electrons. The van der Waals surface area contributed by atoms with Crippen LogP contribution in [0.5, 0.6) is 0 Å². The van der Waals surface area contributed by atoms with E-state index in [9.17, 15) is 8.78 Å². The predicted octanol–water partition coefficient (Wildman–Crippen LogP) is 2.05. The van der Waals surface area contributed by atoms with Gasteiger partial charge in [-0.3, -0.25) is 0 Å². The lowest BCUT2D eigenvalue weighted by Gasteiger charge is -2.29. The molecule has 0 atom stereocenters. The van der Waals surface area contributed by atoms with E-state index in [1.807, 2.05) is 13.8 Å². The summed E-state index contributed by atoms with van der Waals surface area (Å²) in [6.45, 7) is 3.61. The van der Waals surface area contributed by atoms with Crippen LogP contribution in [0.1, 0.15) is 25.8 Å². The van der Waals surface area contributed by atoms with Crippen molar-refractivity contribution in [2.75, 3.05) is 18.1 Å². The standard InChI is InChI=1S/C13H19F2NO2/c1-9(2)16(4-3-5-17)13-11(14)6-10(8-18)7-12(13)15/h6-7,9,17-18H,3-5,8H2,1-2H3. The van der Waals surface area contributed by atoms with Gasteiger partial charge < -0.3 is 15.1 Å². The smallest absolute Gasteiger partial charge is 0.149 e. The number of hydrogen-bond donors (Lipinski definition) is 2. The third kappa shape index (κ3) is 3.40. The zero-order valence-corrected chi connectivity index (χ0v) is 10.7. The summed E-state index contributed by atoms with van der Waals surface area (Å²) in [7, 11) is 0. The van der Waals surface area contributed by atoms with Crippen LogP contribution in [0.2, 0.25) is 0 Å². The van der Waals surface area contributed by atoms with Crippen molar-refractivity contribution >= 4 is 5.69 Å². The molecule has 0 heterocycles. The van der Waals surface area contributed by atoms with E-state index in [2.05, 4.69) is 0 Å². The maximum atomic E-state index is 13.9. The van der Waals surface area contributed by atoms with E-state index < -0.39 is 18.2 Å². The highest BCUT2D eigenvalue weighted by Crippen LogP contribution is 2.27. The van der Waals surface area contributed by atoms with Crippen LogP contribution >= 0.6 is 0 Å². The number of halogens is 2. The highest BCUT2D eigenvalue weighted by molar-refractivity contribution is 5.51. The second kappa shape index (κ2) is 6.66. The zero-order valence-electron chi connectivity index (χ0n) is 10.7. The Labute approximate surface area is 106 Å². The Morgan fingerprint density at radius 2 is 1.72 bits per heavy atom. The first-order chi connectivity index (χ1) is 8.51. The van der Waals surface area contributed by atoms with E-state index in [-0.39, 0.29) is 23.9 Å². The molecule has 18 heavy (non-hydrogen) atoms. The summed E-state index contributed by atoms with van der Waals surface area (Å²) in [4.78, 5) is 1.57. The Balaban J connectivity index is 3.11. The van der Waals surface area contributed by atoms with Gasteiger partial charge >= 0.3 is 0 Å². The van der Waals surface area contributed by atoms with Gasteiger partial charge in [0, 0.05) is 19.2 Å². The fourth-order valence-electron chi connectivity index (χ4n) is 1.85. The van der Waals surface area contributed by atoms with Crippen molar-refractivity contribution in [3.63, 3.8) is 0 Å². The molecule has 0 radical (unpaired) electrons. The topological polar surface area (TPSA) is 43.7 Å². The number of hydrogen-bond acceptors (Lipinski definition) is 3. The first kappa shape index (κ1) is 14.9. The minimum absolute atomic E-state index is 0.0266. The molecule has 0 amide bonds. The number of rotatable bonds is 6. The first-order valence-corrected chi connectivity index (χ1v) is 5.97. The summed E-state index contributed by atoms with van der Waals surface area (Å²) in [6.07, 6.45) is 0.443. The Morgan fingerprint density at radius 1 is 1.17 bits per heavy atom. The largest absolute Gasteiger partial charge is 0.396 e. The third-order valence-corrected chi connectivity index (χ3v) is 2.73. The van der Waals surface area contributed by atoms with Gasteiger partial charge in [0.2, 0.25) is 0 Å². The highest BCUT2D eigenvalue weighted by atomic mass is 19.1. The Hall–Kier alpha value is -1.20. The first-order valence-electron chi connectivity index (χ1n) is 5.97. The number of aliphatic hydroxyl groups is 2. The Kier molecular flexibility index (Phi) is 5.50. The maximum Gasteiger partial charge on any atom is 0.149 e. The summed E-state index contributed by atoms with van der Waals surface area (Å²) in [6, 6.07) is 2.18. The summed E-state index contributed by atoms with van der Waals surface area (Å²) in [5.41, 5.74) is 0.107. The normalized spacial score (nSPS) is 11.1. The maximum absolute atomic E-state index is 13.9. The van der Waals surface area contributed by atoms with Gasteiger partial charge in [0.05, 0.1) is 6.61 Å². The molecule has 0 aliphatic carbocycles. The molecule has 0 bridgehead atoms. The van der Waals surface area contributed by atoms with Crippen molar-refractivity contribution in [2.24, 2.45) is 0 Å².